The maximum Gasteiger partial charge on any atom is 0.338 e. The van der Waals surface area contributed by atoms with Crippen LogP contribution in [0.4, 0.5) is 0 Å². The SMILES string of the molecule is CCCc1c(C(=O)OC)c(C2Cc3ccccc3C2)cc2oc(C)cc12. The van der Waals surface area contributed by atoms with Crippen LogP contribution in [0.5, 0.6) is 0 Å². The number of ether oxygens (including phenoxy) is 1. The van der Waals surface area contributed by atoms with E-state index < -0.39 is 0 Å². The van der Waals surface area contributed by atoms with Crippen LogP contribution in [0.3, 0.4) is 0 Å². The lowest BCUT2D eigenvalue weighted by Crippen LogP contribution is -2.13. The summed E-state index contributed by atoms with van der Waals surface area (Å²) in [7, 11) is 1.47. The number of fused-ring (bicyclic) bond motifs is 2. The topological polar surface area (TPSA) is 39.4 Å². The van der Waals surface area contributed by atoms with Gasteiger partial charge in [-0.15, -0.1) is 0 Å². The molecule has 0 amide bonds. The average molecular weight is 348 g/mol. The first kappa shape index (κ1) is 16.9. The Bertz CT molecular complexity index is 956. The number of carbonyl (C=O) groups excluding carboxylic acids is 1. The third kappa shape index (κ3) is 2.72. The number of rotatable bonds is 4. The molecule has 0 atom stereocenters. The zero-order valence-electron chi connectivity index (χ0n) is 15.6. The number of furan rings is 1. The molecule has 0 saturated heterocycles. The van der Waals surface area contributed by atoms with Gasteiger partial charge in [0.05, 0.1) is 12.7 Å². The first-order valence-electron chi connectivity index (χ1n) is 9.33. The van der Waals surface area contributed by atoms with Crippen molar-refractivity contribution in [3.63, 3.8) is 0 Å². The van der Waals surface area contributed by atoms with Gasteiger partial charge in [-0.25, -0.2) is 4.79 Å². The van der Waals surface area contributed by atoms with Crippen molar-refractivity contribution in [2.24, 2.45) is 0 Å². The summed E-state index contributed by atoms with van der Waals surface area (Å²) in [6, 6.07) is 12.7. The van der Waals surface area contributed by atoms with Gasteiger partial charge in [-0.05, 0) is 66.5 Å². The fourth-order valence-electron chi connectivity index (χ4n) is 4.35. The van der Waals surface area contributed by atoms with Crippen molar-refractivity contribution >= 4 is 16.9 Å². The standard InChI is InChI=1S/C23H24O3/c1-4-7-18-20-10-14(2)26-21(20)13-19(22(18)23(24)25-3)17-11-15-8-5-6-9-16(15)12-17/h5-6,8-10,13,17H,4,7,11-12H2,1-3H3. The Hall–Kier alpha value is -2.55. The van der Waals surface area contributed by atoms with Gasteiger partial charge in [-0.2, -0.15) is 0 Å². The Balaban J connectivity index is 1.92. The molecule has 0 fully saturated rings. The molecule has 0 aliphatic heterocycles. The molecule has 0 unspecified atom stereocenters. The van der Waals surface area contributed by atoms with E-state index in [2.05, 4.69) is 37.3 Å². The Morgan fingerprint density at radius 2 is 1.88 bits per heavy atom. The minimum atomic E-state index is -0.236. The third-order valence-electron chi connectivity index (χ3n) is 5.47. The zero-order chi connectivity index (χ0) is 18.3. The van der Waals surface area contributed by atoms with E-state index in [0.717, 1.165) is 59.1 Å². The first-order chi connectivity index (χ1) is 12.6. The van der Waals surface area contributed by atoms with E-state index in [0.29, 0.717) is 0 Å². The molecule has 134 valence electrons. The van der Waals surface area contributed by atoms with Crippen molar-refractivity contribution in [2.45, 2.75) is 45.4 Å². The normalized spacial score (nSPS) is 14.0. The van der Waals surface area contributed by atoms with Crippen LogP contribution in [0.2, 0.25) is 0 Å². The van der Waals surface area contributed by atoms with Crippen LogP contribution < -0.4 is 0 Å². The Labute approximate surface area is 154 Å². The molecule has 1 aliphatic carbocycles. The molecule has 1 aliphatic rings. The van der Waals surface area contributed by atoms with Gasteiger partial charge >= 0.3 is 5.97 Å². The molecular formula is C23H24O3. The third-order valence-corrected chi connectivity index (χ3v) is 5.47. The van der Waals surface area contributed by atoms with E-state index in [1.807, 2.05) is 13.0 Å². The van der Waals surface area contributed by atoms with Crippen LogP contribution in [0.1, 0.15) is 57.6 Å². The highest BCUT2D eigenvalue weighted by Gasteiger charge is 2.30. The summed E-state index contributed by atoms with van der Waals surface area (Å²) in [5.41, 5.74) is 6.52. The quantitative estimate of drug-likeness (QED) is 0.596. The summed E-state index contributed by atoms with van der Waals surface area (Å²) in [5.74, 6) is 0.923. The number of hydrogen-bond donors (Lipinski definition) is 0. The smallest absolute Gasteiger partial charge is 0.338 e. The molecule has 0 saturated carbocycles. The van der Waals surface area contributed by atoms with Gasteiger partial charge in [0.1, 0.15) is 11.3 Å². The first-order valence-corrected chi connectivity index (χ1v) is 9.33. The highest BCUT2D eigenvalue weighted by molar-refractivity contribution is 5.99. The summed E-state index contributed by atoms with van der Waals surface area (Å²) < 4.78 is 11.1. The van der Waals surface area contributed by atoms with Gasteiger partial charge in [-0.1, -0.05) is 37.6 Å². The van der Waals surface area contributed by atoms with Crippen LogP contribution in [-0.4, -0.2) is 13.1 Å². The van der Waals surface area contributed by atoms with Crippen molar-refractivity contribution in [2.75, 3.05) is 7.11 Å². The summed E-state index contributed by atoms with van der Waals surface area (Å²) >= 11 is 0. The van der Waals surface area contributed by atoms with Crippen molar-refractivity contribution in [3.05, 3.63) is 70.0 Å². The van der Waals surface area contributed by atoms with E-state index in [1.54, 1.807) is 0 Å². The lowest BCUT2D eigenvalue weighted by molar-refractivity contribution is 0.0598. The average Bonchev–Trinajstić information content (AvgIpc) is 3.23. The number of methoxy groups -OCH3 is 1. The second-order valence-electron chi connectivity index (χ2n) is 7.20. The number of benzene rings is 2. The van der Waals surface area contributed by atoms with Crippen molar-refractivity contribution < 1.29 is 13.9 Å². The monoisotopic (exact) mass is 348 g/mol. The highest BCUT2D eigenvalue weighted by Crippen LogP contribution is 2.40. The summed E-state index contributed by atoms with van der Waals surface area (Å²) in [4.78, 5) is 12.8. The lowest BCUT2D eigenvalue weighted by atomic mass is 9.86. The molecule has 4 rings (SSSR count). The van der Waals surface area contributed by atoms with Gasteiger partial charge in [0.25, 0.3) is 0 Å². The Morgan fingerprint density at radius 3 is 2.50 bits per heavy atom. The van der Waals surface area contributed by atoms with Crippen molar-refractivity contribution in [3.8, 4) is 0 Å². The molecule has 0 bridgehead atoms. The number of aryl methyl sites for hydroxylation is 2. The highest BCUT2D eigenvalue weighted by atomic mass is 16.5. The van der Waals surface area contributed by atoms with Crippen LogP contribution in [-0.2, 0) is 24.0 Å². The second kappa shape index (κ2) is 6.64. The number of esters is 1. The predicted molar refractivity (Wildman–Crippen MR) is 103 cm³/mol. The molecule has 26 heavy (non-hydrogen) atoms. The fraction of sp³-hybridized carbons (Fsp3) is 0.348. The van der Waals surface area contributed by atoms with E-state index in [4.69, 9.17) is 9.15 Å². The van der Waals surface area contributed by atoms with E-state index >= 15 is 0 Å². The van der Waals surface area contributed by atoms with Crippen LogP contribution in [0.25, 0.3) is 11.0 Å². The van der Waals surface area contributed by atoms with Crippen LogP contribution >= 0.6 is 0 Å². The minimum absolute atomic E-state index is 0.236. The van der Waals surface area contributed by atoms with Gasteiger partial charge in [-0.3, -0.25) is 0 Å². The molecule has 0 N–H and O–H groups in total. The number of carbonyl (C=O) groups is 1. The molecule has 0 radical (unpaired) electrons. The molecule has 1 aromatic heterocycles. The predicted octanol–water partition coefficient (Wildman–Crippen LogP) is 5.36. The van der Waals surface area contributed by atoms with E-state index in [-0.39, 0.29) is 11.9 Å². The minimum Gasteiger partial charge on any atom is -0.465 e. The van der Waals surface area contributed by atoms with E-state index in [9.17, 15) is 4.79 Å². The second-order valence-corrected chi connectivity index (χ2v) is 7.20. The fourth-order valence-corrected chi connectivity index (χ4v) is 4.35. The largest absolute Gasteiger partial charge is 0.465 e. The zero-order valence-corrected chi connectivity index (χ0v) is 15.6. The molecular weight excluding hydrogens is 324 g/mol. The molecule has 2 aromatic carbocycles. The Morgan fingerprint density at radius 1 is 1.19 bits per heavy atom. The van der Waals surface area contributed by atoms with Gasteiger partial charge in [0.15, 0.2) is 0 Å². The van der Waals surface area contributed by atoms with Crippen LogP contribution in [0, 0.1) is 6.92 Å². The summed E-state index contributed by atoms with van der Waals surface area (Å²) in [6.07, 6.45) is 3.72. The summed E-state index contributed by atoms with van der Waals surface area (Å²) in [5, 5.41) is 1.05. The van der Waals surface area contributed by atoms with Crippen LogP contribution in [0.15, 0.2) is 40.8 Å². The Kier molecular flexibility index (Phi) is 4.31. The molecule has 3 heteroatoms. The molecule has 0 spiro atoms. The van der Waals surface area contributed by atoms with Crippen molar-refractivity contribution in [1.82, 2.24) is 0 Å². The molecule has 1 heterocycles. The maximum absolute atomic E-state index is 12.8. The number of hydrogen-bond acceptors (Lipinski definition) is 3. The maximum atomic E-state index is 12.8. The van der Waals surface area contributed by atoms with Gasteiger partial charge in [0.2, 0.25) is 0 Å². The van der Waals surface area contributed by atoms with Crippen molar-refractivity contribution in [1.29, 1.82) is 0 Å². The lowest BCUT2D eigenvalue weighted by Gasteiger charge is -2.18. The molecule has 3 aromatic rings. The molecule has 3 nitrogen and oxygen atoms in total. The van der Waals surface area contributed by atoms with E-state index in [1.165, 1.54) is 18.2 Å². The van der Waals surface area contributed by atoms with Gasteiger partial charge < -0.3 is 9.15 Å². The van der Waals surface area contributed by atoms with Gasteiger partial charge in [0, 0.05) is 5.39 Å². The summed E-state index contributed by atoms with van der Waals surface area (Å²) in [6.45, 7) is 4.09.